The minimum Gasteiger partial charge on any atom is -0.480 e. The van der Waals surface area contributed by atoms with E-state index in [0.717, 1.165) is 0 Å². The van der Waals surface area contributed by atoms with Crippen LogP contribution in [0.3, 0.4) is 0 Å². The first-order valence-electron chi connectivity index (χ1n) is 9.90. The van der Waals surface area contributed by atoms with Crippen LogP contribution < -0.4 is 22.1 Å². The molecular formula is C18H27N7O7. The van der Waals surface area contributed by atoms with Crippen LogP contribution in [0.25, 0.3) is 0 Å². The third-order valence-corrected chi connectivity index (χ3v) is 4.99. The smallest absolute Gasteiger partial charge is 0.326 e. The average Bonchev–Trinajstić information content (AvgIpc) is 3.43. The molecule has 0 aromatic carbocycles. The molecule has 1 aliphatic heterocycles. The van der Waals surface area contributed by atoms with Gasteiger partial charge in [-0.25, -0.2) is 9.78 Å². The van der Waals surface area contributed by atoms with Crippen molar-refractivity contribution in [2.24, 2.45) is 11.5 Å². The van der Waals surface area contributed by atoms with Gasteiger partial charge in [0.2, 0.25) is 23.6 Å². The number of likely N-dealkylation sites (tertiary alicyclic amines) is 1. The van der Waals surface area contributed by atoms with E-state index < -0.39 is 66.8 Å². The summed E-state index contributed by atoms with van der Waals surface area (Å²) in [5.74, 6) is -4.41. The molecule has 4 amide bonds. The molecule has 0 spiro atoms. The predicted octanol–water partition coefficient (Wildman–Crippen LogP) is -3.81. The Kier molecular flexibility index (Phi) is 8.66. The number of aliphatic hydroxyl groups excluding tert-OH is 1. The Hall–Kier alpha value is -3.52. The highest BCUT2D eigenvalue weighted by Crippen LogP contribution is 2.20. The topological polar surface area (TPSA) is 234 Å². The van der Waals surface area contributed by atoms with Crippen LogP contribution in [0.2, 0.25) is 0 Å². The first-order valence-corrected chi connectivity index (χ1v) is 9.90. The Morgan fingerprint density at radius 2 is 1.97 bits per heavy atom. The number of nitrogens with two attached hydrogens (primary N) is 2. The highest BCUT2D eigenvalue weighted by Gasteiger charge is 2.39. The number of imidazole rings is 1. The standard InChI is InChI=1S/C18H27N7O7/c19-10(7-26)15(28)23-11(5-14(20)27)17(30)25-3-1-2-13(25)16(29)24-12(18(31)32)4-9-6-21-8-22-9/h6,8,10-13,26H,1-5,7,19H2,(H2,20,27)(H,21,22)(H,23,28)(H,24,29)(H,31,32). The highest BCUT2D eigenvalue weighted by molar-refractivity contribution is 5.96. The number of aliphatic carboxylic acids is 1. The fourth-order valence-corrected chi connectivity index (χ4v) is 3.35. The number of H-pyrrole nitrogens is 1. The van der Waals surface area contributed by atoms with Crippen molar-refractivity contribution in [3.63, 3.8) is 0 Å². The van der Waals surface area contributed by atoms with Crippen LogP contribution in [0.15, 0.2) is 12.5 Å². The van der Waals surface area contributed by atoms with E-state index in [-0.39, 0.29) is 19.4 Å². The van der Waals surface area contributed by atoms with Gasteiger partial charge in [0.1, 0.15) is 24.2 Å². The van der Waals surface area contributed by atoms with Gasteiger partial charge >= 0.3 is 5.97 Å². The van der Waals surface area contributed by atoms with Gasteiger partial charge < -0.3 is 42.2 Å². The molecule has 32 heavy (non-hydrogen) atoms. The molecule has 1 fully saturated rings. The molecule has 4 atom stereocenters. The van der Waals surface area contributed by atoms with E-state index in [1.54, 1.807) is 0 Å². The van der Waals surface area contributed by atoms with Crippen LogP contribution in [0.4, 0.5) is 0 Å². The molecule has 1 saturated heterocycles. The third-order valence-electron chi connectivity index (χ3n) is 4.99. The summed E-state index contributed by atoms with van der Waals surface area (Å²) in [6.07, 6.45) is 2.95. The minimum absolute atomic E-state index is 0.0405. The fourth-order valence-electron chi connectivity index (χ4n) is 3.35. The van der Waals surface area contributed by atoms with Crippen LogP contribution in [0.5, 0.6) is 0 Å². The monoisotopic (exact) mass is 453 g/mol. The van der Waals surface area contributed by atoms with Crippen LogP contribution in [-0.2, 0) is 30.4 Å². The quantitative estimate of drug-likeness (QED) is 0.174. The molecule has 0 bridgehead atoms. The largest absolute Gasteiger partial charge is 0.480 e. The van der Waals surface area contributed by atoms with Gasteiger partial charge in [0, 0.05) is 24.9 Å². The molecule has 1 aromatic heterocycles. The number of nitrogens with zero attached hydrogens (tertiary/aromatic N) is 2. The number of nitrogens with one attached hydrogen (secondary N) is 3. The Bertz CT molecular complexity index is 845. The van der Waals surface area contributed by atoms with Gasteiger partial charge in [-0.15, -0.1) is 0 Å². The Labute approximate surface area is 182 Å². The maximum absolute atomic E-state index is 13.0. The summed E-state index contributed by atoms with van der Waals surface area (Å²) >= 11 is 0. The number of aromatic nitrogens is 2. The summed E-state index contributed by atoms with van der Waals surface area (Å²) in [5.41, 5.74) is 11.1. The lowest BCUT2D eigenvalue weighted by molar-refractivity contribution is -0.145. The molecule has 0 saturated carbocycles. The van der Waals surface area contributed by atoms with Gasteiger partial charge in [-0.3, -0.25) is 19.2 Å². The highest BCUT2D eigenvalue weighted by atomic mass is 16.4. The van der Waals surface area contributed by atoms with E-state index in [1.807, 2.05) is 0 Å². The molecule has 9 N–H and O–H groups in total. The van der Waals surface area contributed by atoms with E-state index in [1.165, 1.54) is 17.4 Å². The number of hydrogen-bond donors (Lipinski definition) is 7. The molecule has 0 aliphatic carbocycles. The number of primary amides is 1. The number of carbonyl (C=O) groups is 5. The molecule has 14 nitrogen and oxygen atoms in total. The van der Waals surface area contributed by atoms with Gasteiger partial charge in [-0.05, 0) is 12.8 Å². The van der Waals surface area contributed by atoms with E-state index in [0.29, 0.717) is 12.1 Å². The number of aliphatic hydroxyl groups is 1. The summed E-state index contributed by atoms with van der Waals surface area (Å²) in [6, 6.07) is -4.95. The van der Waals surface area contributed by atoms with Gasteiger partial charge in [0.15, 0.2) is 0 Å². The van der Waals surface area contributed by atoms with Crippen molar-refractivity contribution in [1.82, 2.24) is 25.5 Å². The lowest BCUT2D eigenvalue weighted by Gasteiger charge is -2.29. The van der Waals surface area contributed by atoms with Crippen molar-refractivity contribution in [3.05, 3.63) is 18.2 Å². The van der Waals surface area contributed by atoms with Gasteiger partial charge in [0.25, 0.3) is 0 Å². The van der Waals surface area contributed by atoms with Gasteiger partial charge in [0.05, 0.1) is 19.4 Å². The van der Waals surface area contributed by atoms with Gasteiger partial charge in [-0.2, -0.15) is 0 Å². The second-order valence-corrected chi connectivity index (χ2v) is 7.39. The van der Waals surface area contributed by atoms with Crippen molar-refractivity contribution in [2.45, 2.75) is 49.9 Å². The van der Waals surface area contributed by atoms with E-state index >= 15 is 0 Å². The summed E-state index contributed by atoms with van der Waals surface area (Å²) in [4.78, 5) is 68.5. The van der Waals surface area contributed by atoms with Crippen LogP contribution in [0, 0.1) is 0 Å². The molecular weight excluding hydrogens is 426 g/mol. The Morgan fingerprint density at radius 3 is 2.53 bits per heavy atom. The molecule has 2 rings (SSSR count). The summed E-state index contributed by atoms with van der Waals surface area (Å²) in [6.45, 7) is -0.517. The number of carboxylic acid groups (broad SMARTS) is 1. The van der Waals surface area contributed by atoms with E-state index in [4.69, 9.17) is 16.6 Å². The zero-order valence-corrected chi connectivity index (χ0v) is 17.2. The van der Waals surface area contributed by atoms with Crippen LogP contribution in [0.1, 0.15) is 25.0 Å². The van der Waals surface area contributed by atoms with E-state index in [2.05, 4.69) is 20.6 Å². The van der Waals surface area contributed by atoms with Crippen molar-refractivity contribution in [1.29, 1.82) is 0 Å². The predicted molar refractivity (Wildman–Crippen MR) is 107 cm³/mol. The zero-order chi connectivity index (χ0) is 23.8. The molecule has 2 heterocycles. The number of rotatable bonds is 11. The maximum atomic E-state index is 13.0. The first kappa shape index (κ1) is 24.7. The van der Waals surface area contributed by atoms with Crippen molar-refractivity contribution < 1.29 is 34.2 Å². The Balaban J connectivity index is 2.12. The zero-order valence-electron chi connectivity index (χ0n) is 17.2. The summed E-state index contributed by atoms with van der Waals surface area (Å²) < 4.78 is 0. The SMILES string of the molecule is NC(=O)CC(NC(=O)C(N)CO)C(=O)N1CCCC1C(=O)NC(Cc1cnc[nH]1)C(=O)O. The van der Waals surface area contributed by atoms with Crippen molar-refractivity contribution in [2.75, 3.05) is 13.2 Å². The molecule has 1 aromatic rings. The average molecular weight is 453 g/mol. The molecule has 1 aliphatic rings. The molecule has 0 radical (unpaired) electrons. The fraction of sp³-hybridized carbons (Fsp3) is 0.556. The van der Waals surface area contributed by atoms with Crippen molar-refractivity contribution >= 4 is 29.6 Å². The number of aromatic amines is 1. The minimum atomic E-state index is -1.38. The lowest BCUT2D eigenvalue weighted by atomic mass is 10.1. The second kappa shape index (κ2) is 11.2. The van der Waals surface area contributed by atoms with Crippen LogP contribution >= 0.6 is 0 Å². The molecule has 4 unspecified atom stereocenters. The number of carbonyl (C=O) groups excluding carboxylic acids is 4. The lowest BCUT2D eigenvalue weighted by Crippen LogP contribution is -2.58. The summed E-state index contributed by atoms with van der Waals surface area (Å²) in [5, 5.41) is 23.1. The number of carboxylic acids is 1. The van der Waals surface area contributed by atoms with E-state index in [9.17, 15) is 29.1 Å². The number of amides is 4. The first-order chi connectivity index (χ1) is 15.1. The molecule has 176 valence electrons. The Morgan fingerprint density at radius 1 is 1.25 bits per heavy atom. The second-order valence-electron chi connectivity index (χ2n) is 7.39. The maximum Gasteiger partial charge on any atom is 0.326 e. The van der Waals surface area contributed by atoms with Gasteiger partial charge in [-0.1, -0.05) is 0 Å². The third kappa shape index (κ3) is 6.49. The van der Waals surface area contributed by atoms with Crippen LogP contribution in [-0.4, -0.2) is 92.0 Å². The number of hydrogen-bond acceptors (Lipinski definition) is 8. The molecule has 14 heteroatoms. The normalized spacial score (nSPS) is 18.4. The van der Waals surface area contributed by atoms with Crippen molar-refractivity contribution in [3.8, 4) is 0 Å². The summed E-state index contributed by atoms with van der Waals surface area (Å²) in [7, 11) is 0.